The third-order valence-electron chi connectivity index (χ3n) is 2.13. The third kappa shape index (κ3) is 1.88. The minimum absolute atomic E-state index is 0.119. The van der Waals surface area contributed by atoms with Gasteiger partial charge in [-0.25, -0.2) is 8.42 Å². The van der Waals surface area contributed by atoms with Gasteiger partial charge in [0.05, 0.1) is 11.8 Å². The Bertz CT molecular complexity index is 613. The van der Waals surface area contributed by atoms with Crippen molar-refractivity contribution in [2.45, 2.75) is 18.7 Å². The maximum Gasteiger partial charge on any atom is 0.263 e. The number of aryl methyl sites for hydroxylation is 2. The Hall–Kier alpha value is -0.850. The molecule has 0 unspecified atom stereocenters. The number of halogens is 1. The number of thiophene rings is 1. The predicted octanol–water partition coefficient (Wildman–Crippen LogP) is 2.95. The molecule has 0 N–H and O–H groups in total. The minimum atomic E-state index is -3.77. The average molecular weight is 278 g/mol. The zero-order valence-electron chi connectivity index (χ0n) is 8.52. The van der Waals surface area contributed by atoms with E-state index in [0.29, 0.717) is 16.2 Å². The van der Waals surface area contributed by atoms with E-state index >= 15 is 0 Å². The molecule has 2 rings (SSSR count). The topological polar surface area (TPSA) is 60.2 Å². The van der Waals surface area contributed by atoms with Crippen LogP contribution in [0, 0.1) is 13.8 Å². The van der Waals surface area contributed by atoms with Gasteiger partial charge in [0.15, 0.2) is 5.76 Å². The molecule has 4 nitrogen and oxygen atoms in total. The maximum absolute atomic E-state index is 11.5. The fourth-order valence-electron chi connectivity index (χ4n) is 1.59. The van der Waals surface area contributed by atoms with Gasteiger partial charge in [-0.15, -0.1) is 11.3 Å². The van der Waals surface area contributed by atoms with E-state index in [1.807, 2.05) is 6.92 Å². The smallest absolute Gasteiger partial charge is 0.263 e. The maximum atomic E-state index is 11.5. The van der Waals surface area contributed by atoms with Crippen LogP contribution < -0.4 is 0 Å². The largest absolute Gasteiger partial charge is 0.356 e. The second kappa shape index (κ2) is 3.87. The van der Waals surface area contributed by atoms with E-state index in [4.69, 9.17) is 15.2 Å². The summed E-state index contributed by atoms with van der Waals surface area (Å²) in [6.45, 7) is 3.54. The molecule has 0 aliphatic rings. The molecule has 0 radical (unpaired) electrons. The average Bonchev–Trinajstić information content (AvgIpc) is 2.70. The van der Waals surface area contributed by atoms with Crippen LogP contribution in [0.25, 0.3) is 11.3 Å². The van der Waals surface area contributed by atoms with Crippen LogP contribution in [0.15, 0.2) is 21.7 Å². The first-order chi connectivity index (χ1) is 7.41. The number of rotatable bonds is 2. The Kier molecular flexibility index (Phi) is 2.81. The SMILES string of the molecule is Cc1sc(C)c(S(=O)(=O)Cl)c1-c1ccno1. The highest BCUT2D eigenvalue weighted by Gasteiger charge is 2.26. The molecule has 0 saturated carbocycles. The van der Waals surface area contributed by atoms with E-state index in [1.165, 1.54) is 17.5 Å². The van der Waals surface area contributed by atoms with Gasteiger partial charge in [0.25, 0.3) is 9.05 Å². The molecule has 0 aliphatic carbocycles. The van der Waals surface area contributed by atoms with E-state index < -0.39 is 9.05 Å². The van der Waals surface area contributed by atoms with Crippen LogP contribution in [0.3, 0.4) is 0 Å². The first-order valence-corrected chi connectivity index (χ1v) is 7.49. The zero-order valence-corrected chi connectivity index (χ0v) is 10.9. The van der Waals surface area contributed by atoms with Crippen LogP contribution in [0.4, 0.5) is 0 Å². The molecule has 0 atom stereocenters. The molecule has 0 aromatic carbocycles. The van der Waals surface area contributed by atoms with Crippen molar-refractivity contribution in [2.24, 2.45) is 0 Å². The summed E-state index contributed by atoms with van der Waals surface area (Å²) in [5, 5.41) is 3.56. The molecule has 0 amide bonds. The Morgan fingerprint density at radius 3 is 2.56 bits per heavy atom. The molecule has 2 aromatic rings. The molecule has 7 heteroatoms. The van der Waals surface area contributed by atoms with Crippen LogP contribution in [-0.2, 0) is 9.05 Å². The number of hydrogen-bond donors (Lipinski definition) is 0. The lowest BCUT2D eigenvalue weighted by atomic mass is 10.2. The Morgan fingerprint density at radius 2 is 2.06 bits per heavy atom. The van der Waals surface area contributed by atoms with E-state index in [9.17, 15) is 8.42 Å². The summed E-state index contributed by atoms with van der Waals surface area (Å²) in [6.07, 6.45) is 1.46. The normalized spacial score (nSPS) is 11.9. The second-order valence-corrected chi connectivity index (χ2v) is 7.16. The van der Waals surface area contributed by atoms with Crippen LogP contribution >= 0.6 is 22.0 Å². The third-order valence-corrected chi connectivity index (χ3v) is 4.74. The predicted molar refractivity (Wildman–Crippen MR) is 62.3 cm³/mol. The van der Waals surface area contributed by atoms with Gasteiger partial charge in [-0.05, 0) is 13.8 Å². The zero-order chi connectivity index (χ0) is 11.9. The first kappa shape index (κ1) is 11.6. The minimum Gasteiger partial charge on any atom is -0.356 e. The lowest BCUT2D eigenvalue weighted by molar-refractivity contribution is 0.431. The lowest BCUT2D eigenvalue weighted by Crippen LogP contribution is -1.93. The molecule has 86 valence electrons. The summed E-state index contributed by atoms with van der Waals surface area (Å²) in [6, 6.07) is 1.61. The van der Waals surface area contributed by atoms with Crippen molar-refractivity contribution < 1.29 is 12.9 Å². The van der Waals surface area contributed by atoms with Gasteiger partial charge in [0, 0.05) is 26.5 Å². The van der Waals surface area contributed by atoms with Crippen molar-refractivity contribution in [1.82, 2.24) is 5.16 Å². The summed E-state index contributed by atoms with van der Waals surface area (Å²) < 4.78 is 28.0. The van der Waals surface area contributed by atoms with Gasteiger partial charge in [0.1, 0.15) is 4.90 Å². The van der Waals surface area contributed by atoms with Gasteiger partial charge in [-0.2, -0.15) is 0 Å². The fourth-order valence-corrected chi connectivity index (χ4v) is 4.62. The first-order valence-electron chi connectivity index (χ1n) is 4.37. The van der Waals surface area contributed by atoms with Crippen molar-refractivity contribution >= 4 is 31.1 Å². The molecular weight excluding hydrogens is 270 g/mol. The molecule has 2 heterocycles. The highest BCUT2D eigenvalue weighted by Crippen LogP contribution is 2.40. The fraction of sp³-hybridized carbons (Fsp3) is 0.222. The van der Waals surface area contributed by atoms with E-state index in [-0.39, 0.29) is 4.90 Å². The van der Waals surface area contributed by atoms with Gasteiger partial charge in [-0.3, -0.25) is 0 Å². The van der Waals surface area contributed by atoms with E-state index in [2.05, 4.69) is 5.16 Å². The van der Waals surface area contributed by atoms with Crippen molar-refractivity contribution in [1.29, 1.82) is 0 Å². The van der Waals surface area contributed by atoms with Crippen LogP contribution in [-0.4, -0.2) is 13.6 Å². The Labute approximate surface area is 101 Å². The van der Waals surface area contributed by atoms with Crippen molar-refractivity contribution in [3.8, 4) is 11.3 Å². The highest BCUT2D eigenvalue weighted by atomic mass is 35.7. The number of hydrogen-bond acceptors (Lipinski definition) is 5. The van der Waals surface area contributed by atoms with Gasteiger partial charge in [-0.1, -0.05) is 5.16 Å². The van der Waals surface area contributed by atoms with Crippen molar-refractivity contribution in [2.75, 3.05) is 0 Å². The second-order valence-electron chi connectivity index (χ2n) is 3.23. The van der Waals surface area contributed by atoms with Gasteiger partial charge >= 0.3 is 0 Å². The molecule has 0 fully saturated rings. The monoisotopic (exact) mass is 277 g/mol. The molecular formula is C9H8ClNO3S2. The van der Waals surface area contributed by atoms with E-state index in [0.717, 1.165) is 4.88 Å². The highest BCUT2D eigenvalue weighted by molar-refractivity contribution is 8.14. The summed E-state index contributed by atoms with van der Waals surface area (Å²) in [5.74, 6) is 0.418. The number of nitrogens with zero attached hydrogens (tertiary/aromatic N) is 1. The molecule has 0 saturated heterocycles. The molecule has 16 heavy (non-hydrogen) atoms. The molecule has 0 bridgehead atoms. The Morgan fingerprint density at radius 1 is 1.38 bits per heavy atom. The summed E-state index contributed by atoms with van der Waals surface area (Å²) >= 11 is 1.37. The summed E-state index contributed by atoms with van der Waals surface area (Å²) in [7, 11) is 1.64. The van der Waals surface area contributed by atoms with Gasteiger partial charge < -0.3 is 4.52 Å². The summed E-state index contributed by atoms with van der Waals surface area (Å²) in [4.78, 5) is 1.61. The quantitative estimate of drug-likeness (QED) is 0.792. The molecule has 0 spiro atoms. The molecule has 2 aromatic heterocycles. The van der Waals surface area contributed by atoms with Crippen LogP contribution in [0.1, 0.15) is 9.75 Å². The lowest BCUT2D eigenvalue weighted by Gasteiger charge is -1.99. The summed E-state index contributed by atoms with van der Waals surface area (Å²) in [5.41, 5.74) is 0.509. The number of aromatic nitrogens is 1. The van der Waals surface area contributed by atoms with Gasteiger partial charge in [0.2, 0.25) is 0 Å². The van der Waals surface area contributed by atoms with E-state index in [1.54, 1.807) is 13.0 Å². The van der Waals surface area contributed by atoms with Crippen LogP contribution in [0.2, 0.25) is 0 Å². The van der Waals surface area contributed by atoms with Crippen molar-refractivity contribution in [3.05, 3.63) is 22.0 Å². The standard InChI is InChI=1S/C9H8ClNO3S2/c1-5-8(7-3-4-11-14-7)9(6(2)15-5)16(10,12)13/h3-4H,1-2H3. The van der Waals surface area contributed by atoms with Crippen molar-refractivity contribution in [3.63, 3.8) is 0 Å². The Balaban J connectivity index is 2.80. The van der Waals surface area contributed by atoms with Crippen LogP contribution in [0.5, 0.6) is 0 Å². The molecule has 0 aliphatic heterocycles.